The van der Waals surface area contributed by atoms with E-state index in [1.54, 1.807) is 44.2 Å². The van der Waals surface area contributed by atoms with Gasteiger partial charge in [0.1, 0.15) is 5.76 Å². The van der Waals surface area contributed by atoms with Gasteiger partial charge in [0, 0.05) is 10.5 Å². The van der Waals surface area contributed by atoms with Crippen molar-refractivity contribution >= 4 is 55.2 Å². The van der Waals surface area contributed by atoms with Crippen molar-refractivity contribution in [3.8, 4) is 11.5 Å². The van der Waals surface area contributed by atoms with Gasteiger partial charge < -0.3 is 18.6 Å². The summed E-state index contributed by atoms with van der Waals surface area (Å²) in [5, 5.41) is 0. The number of benzene rings is 1. The molecule has 3 heterocycles. The molecule has 3 aromatic rings. The van der Waals surface area contributed by atoms with Crippen molar-refractivity contribution in [3.05, 3.63) is 75.7 Å². The molecule has 1 atom stereocenters. The number of thiazole rings is 1. The zero-order valence-corrected chi connectivity index (χ0v) is 23.4. The third kappa shape index (κ3) is 4.89. The first kappa shape index (κ1) is 25.5. The lowest BCUT2D eigenvalue weighted by atomic mass is 9.95. The summed E-state index contributed by atoms with van der Waals surface area (Å²) in [6, 6.07) is 6.24. The molecule has 184 valence electrons. The summed E-state index contributed by atoms with van der Waals surface area (Å²) >= 11 is 8.10. The zero-order valence-electron chi connectivity index (χ0n) is 19.4. The standard InChI is InChI=1S/C24H22Br2N2O6S/c1-5-32-17-11-15(25)14(10-16(17)31-4)21-20(23(30)33-6-2)12(3)27-24-28(21)22(29)18(35-24)9-13-7-8-19(26)34-13/h7-11,21H,5-6H2,1-4H3/b18-9+/t21-/m1/s1. The maximum atomic E-state index is 13.7. The highest BCUT2D eigenvalue weighted by molar-refractivity contribution is 9.10. The Morgan fingerprint density at radius 3 is 2.63 bits per heavy atom. The van der Waals surface area contributed by atoms with E-state index in [4.69, 9.17) is 18.6 Å². The zero-order chi connectivity index (χ0) is 25.3. The van der Waals surface area contributed by atoms with E-state index in [2.05, 4.69) is 36.9 Å². The normalized spacial score (nSPS) is 15.6. The van der Waals surface area contributed by atoms with Gasteiger partial charge in [-0.1, -0.05) is 27.3 Å². The summed E-state index contributed by atoms with van der Waals surface area (Å²) in [6.45, 7) is 5.98. The fourth-order valence-corrected chi connectivity index (χ4v) is 5.69. The van der Waals surface area contributed by atoms with Crippen LogP contribution >= 0.6 is 43.2 Å². The molecule has 0 saturated carbocycles. The Morgan fingerprint density at radius 1 is 1.23 bits per heavy atom. The average Bonchev–Trinajstić information content (AvgIpc) is 3.36. The first-order chi connectivity index (χ1) is 16.8. The highest BCUT2D eigenvalue weighted by atomic mass is 79.9. The Hall–Kier alpha value is -2.63. The first-order valence-corrected chi connectivity index (χ1v) is 13.1. The van der Waals surface area contributed by atoms with E-state index in [1.165, 1.54) is 23.0 Å². The molecule has 0 saturated heterocycles. The molecule has 0 fully saturated rings. The van der Waals surface area contributed by atoms with Crippen molar-refractivity contribution in [1.82, 2.24) is 4.57 Å². The molecular formula is C24H22Br2N2O6S. The van der Waals surface area contributed by atoms with Gasteiger partial charge in [-0.05, 0) is 66.5 Å². The number of carbonyl (C=O) groups excluding carboxylic acids is 1. The van der Waals surface area contributed by atoms with E-state index < -0.39 is 12.0 Å². The average molecular weight is 626 g/mol. The second kappa shape index (κ2) is 10.5. The first-order valence-electron chi connectivity index (χ1n) is 10.7. The van der Waals surface area contributed by atoms with Gasteiger partial charge in [0.2, 0.25) is 0 Å². The van der Waals surface area contributed by atoms with Crippen LogP contribution in [0.3, 0.4) is 0 Å². The number of hydrogen-bond acceptors (Lipinski definition) is 8. The molecular weight excluding hydrogens is 604 g/mol. The Balaban J connectivity index is 2.00. The molecule has 1 aromatic carbocycles. The van der Waals surface area contributed by atoms with Crippen LogP contribution in [0.2, 0.25) is 0 Å². The molecule has 11 heteroatoms. The number of carbonyl (C=O) groups is 1. The van der Waals surface area contributed by atoms with Crippen LogP contribution in [0.25, 0.3) is 6.08 Å². The topological polar surface area (TPSA) is 92.3 Å². The van der Waals surface area contributed by atoms with Crippen LogP contribution in [0.4, 0.5) is 0 Å². The molecule has 0 amide bonds. The lowest BCUT2D eigenvalue weighted by Crippen LogP contribution is -2.40. The van der Waals surface area contributed by atoms with Gasteiger partial charge in [-0.25, -0.2) is 9.79 Å². The number of hydrogen-bond donors (Lipinski definition) is 0. The number of rotatable bonds is 7. The van der Waals surface area contributed by atoms with Gasteiger partial charge in [-0.2, -0.15) is 0 Å². The Kier molecular flexibility index (Phi) is 7.67. The van der Waals surface area contributed by atoms with Gasteiger partial charge in [0.25, 0.3) is 5.56 Å². The van der Waals surface area contributed by atoms with Crippen molar-refractivity contribution in [2.75, 3.05) is 20.3 Å². The van der Waals surface area contributed by atoms with E-state index in [-0.39, 0.29) is 17.7 Å². The van der Waals surface area contributed by atoms with Crippen molar-refractivity contribution in [3.63, 3.8) is 0 Å². The molecule has 8 nitrogen and oxygen atoms in total. The monoisotopic (exact) mass is 624 g/mol. The number of nitrogens with zero attached hydrogens (tertiary/aromatic N) is 2. The summed E-state index contributed by atoms with van der Waals surface area (Å²) in [5.41, 5.74) is 1.08. The number of halogens is 2. The molecule has 0 bridgehead atoms. The number of ether oxygens (including phenoxy) is 3. The minimum atomic E-state index is -0.797. The van der Waals surface area contributed by atoms with Crippen molar-refractivity contribution in [1.29, 1.82) is 0 Å². The molecule has 4 rings (SSSR count). The van der Waals surface area contributed by atoms with Gasteiger partial charge >= 0.3 is 5.97 Å². The second-order valence-corrected chi connectivity index (χ2v) is 10.0. The van der Waals surface area contributed by atoms with E-state index in [0.29, 0.717) is 53.6 Å². The third-order valence-electron chi connectivity index (χ3n) is 5.26. The molecule has 35 heavy (non-hydrogen) atoms. The van der Waals surface area contributed by atoms with Gasteiger partial charge in [-0.3, -0.25) is 9.36 Å². The number of fused-ring (bicyclic) bond motifs is 1. The number of methoxy groups -OCH3 is 1. The minimum absolute atomic E-state index is 0.188. The lowest BCUT2D eigenvalue weighted by molar-refractivity contribution is -0.139. The summed E-state index contributed by atoms with van der Waals surface area (Å²) < 4.78 is 25.3. The van der Waals surface area contributed by atoms with E-state index >= 15 is 0 Å². The van der Waals surface area contributed by atoms with Crippen LogP contribution in [-0.4, -0.2) is 30.9 Å². The summed E-state index contributed by atoms with van der Waals surface area (Å²) in [6.07, 6.45) is 1.66. The predicted molar refractivity (Wildman–Crippen MR) is 139 cm³/mol. The molecule has 0 unspecified atom stereocenters. The molecule has 1 aliphatic rings. The maximum Gasteiger partial charge on any atom is 0.338 e. The Labute approximate surface area is 221 Å². The van der Waals surface area contributed by atoms with Crippen LogP contribution in [0.15, 0.2) is 58.9 Å². The number of esters is 1. The van der Waals surface area contributed by atoms with E-state index in [1.807, 2.05) is 6.92 Å². The smallest absolute Gasteiger partial charge is 0.338 e. The number of allylic oxidation sites excluding steroid dienone is 1. The molecule has 0 spiro atoms. The van der Waals surface area contributed by atoms with Gasteiger partial charge in [0.05, 0.1) is 42.2 Å². The highest BCUT2D eigenvalue weighted by Gasteiger charge is 2.35. The lowest BCUT2D eigenvalue weighted by Gasteiger charge is -2.26. The Bertz CT molecular complexity index is 1500. The minimum Gasteiger partial charge on any atom is -0.493 e. The molecule has 0 N–H and O–H groups in total. The quantitative estimate of drug-likeness (QED) is 0.363. The van der Waals surface area contributed by atoms with Crippen molar-refractivity contribution < 1.29 is 23.4 Å². The third-order valence-corrected chi connectivity index (χ3v) is 7.36. The van der Waals surface area contributed by atoms with Gasteiger partial charge in [0.15, 0.2) is 21.0 Å². The fraction of sp³-hybridized carbons (Fsp3) is 0.292. The van der Waals surface area contributed by atoms with Crippen LogP contribution in [0.5, 0.6) is 11.5 Å². The molecule has 0 radical (unpaired) electrons. The molecule has 0 aliphatic carbocycles. The molecule has 2 aromatic heterocycles. The number of aromatic nitrogens is 1. The molecule has 1 aliphatic heterocycles. The fourth-order valence-electron chi connectivity index (χ4n) is 3.81. The summed E-state index contributed by atoms with van der Waals surface area (Å²) in [4.78, 5) is 31.8. The highest BCUT2D eigenvalue weighted by Crippen LogP contribution is 2.41. The number of furan rings is 1. The second-order valence-electron chi connectivity index (χ2n) is 7.40. The van der Waals surface area contributed by atoms with Crippen LogP contribution in [0.1, 0.15) is 38.1 Å². The van der Waals surface area contributed by atoms with Crippen molar-refractivity contribution in [2.24, 2.45) is 4.99 Å². The maximum absolute atomic E-state index is 13.7. The van der Waals surface area contributed by atoms with E-state index in [0.717, 1.165) is 0 Å². The van der Waals surface area contributed by atoms with Crippen LogP contribution in [-0.2, 0) is 9.53 Å². The van der Waals surface area contributed by atoms with Crippen molar-refractivity contribution in [2.45, 2.75) is 26.8 Å². The van der Waals surface area contributed by atoms with Crippen LogP contribution in [0, 0.1) is 0 Å². The summed E-state index contributed by atoms with van der Waals surface area (Å²) in [5.74, 6) is 0.997. The largest absolute Gasteiger partial charge is 0.493 e. The summed E-state index contributed by atoms with van der Waals surface area (Å²) in [7, 11) is 1.54. The van der Waals surface area contributed by atoms with Crippen LogP contribution < -0.4 is 24.4 Å². The van der Waals surface area contributed by atoms with E-state index in [9.17, 15) is 9.59 Å². The predicted octanol–water partition coefficient (Wildman–Crippen LogP) is 4.32. The SMILES string of the molecule is CCOC(=O)C1=C(C)N=c2s/c(=C/c3ccc(Br)o3)c(=O)n2[C@@H]1c1cc(OC)c(OCC)cc1Br. The van der Waals surface area contributed by atoms with Gasteiger partial charge in [-0.15, -0.1) is 0 Å². The Morgan fingerprint density at radius 2 is 2.00 bits per heavy atom.